The summed E-state index contributed by atoms with van der Waals surface area (Å²) in [6, 6.07) is 13.3. The number of nitrogens with one attached hydrogen (secondary N) is 2. The third-order valence-corrected chi connectivity index (χ3v) is 4.96. The van der Waals surface area contributed by atoms with E-state index in [2.05, 4.69) is 34.9 Å². The largest absolute Gasteiger partial charge is 0.323 e. The fraction of sp³-hybridized carbons (Fsp3) is 0.316. The molecule has 2 N–H and O–H groups in total. The van der Waals surface area contributed by atoms with E-state index >= 15 is 0 Å². The number of carbonyl (C=O) groups is 1. The molecule has 0 saturated heterocycles. The molecule has 1 aliphatic carbocycles. The smallest absolute Gasteiger partial charge is 0.241 e. The Morgan fingerprint density at radius 3 is 2.83 bits per heavy atom. The van der Waals surface area contributed by atoms with E-state index in [1.165, 1.54) is 11.1 Å². The van der Waals surface area contributed by atoms with Gasteiger partial charge < -0.3 is 5.32 Å². The maximum Gasteiger partial charge on any atom is 0.241 e. The standard InChI is InChI=1S/C19H20Cl2N2O/c1-12(19(24)23-18-11-14(20)9-10-16(18)21)22-17-8-4-6-13-5-2-3-7-15(13)17/h2-3,5,7,9-12,17,22H,4,6,8H2,1H3,(H,23,24)/t12-,17+/m0/s1. The zero-order valence-electron chi connectivity index (χ0n) is 13.5. The van der Waals surface area contributed by atoms with Gasteiger partial charge in [-0.25, -0.2) is 0 Å². The van der Waals surface area contributed by atoms with Crippen LogP contribution in [0.4, 0.5) is 5.69 Å². The van der Waals surface area contributed by atoms with Gasteiger partial charge in [-0.05, 0) is 55.5 Å². The lowest BCUT2D eigenvalue weighted by Crippen LogP contribution is -2.41. The Balaban J connectivity index is 1.68. The highest BCUT2D eigenvalue weighted by Crippen LogP contribution is 2.30. The quantitative estimate of drug-likeness (QED) is 0.804. The van der Waals surface area contributed by atoms with Crippen LogP contribution in [0, 0.1) is 0 Å². The van der Waals surface area contributed by atoms with Crippen molar-refractivity contribution in [2.24, 2.45) is 0 Å². The van der Waals surface area contributed by atoms with Crippen LogP contribution in [0.5, 0.6) is 0 Å². The van der Waals surface area contributed by atoms with E-state index in [1.54, 1.807) is 18.2 Å². The van der Waals surface area contributed by atoms with E-state index in [4.69, 9.17) is 23.2 Å². The monoisotopic (exact) mass is 362 g/mol. The van der Waals surface area contributed by atoms with E-state index in [0.29, 0.717) is 15.7 Å². The van der Waals surface area contributed by atoms with Gasteiger partial charge in [0.15, 0.2) is 0 Å². The van der Waals surface area contributed by atoms with Gasteiger partial charge in [0.05, 0.1) is 16.8 Å². The summed E-state index contributed by atoms with van der Waals surface area (Å²) in [6.07, 6.45) is 3.27. The van der Waals surface area contributed by atoms with Gasteiger partial charge in [-0.1, -0.05) is 47.5 Å². The number of fused-ring (bicyclic) bond motifs is 1. The minimum atomic E-state index is -0.337. The third kappa shape index (κ3) is 3.92. The Labute approximate surface area is 152 Å². The number of halogens is 2. The molecule has 0 aromatic heterocycles. The summed E-state index contributed by atoms with van der Waals surface area (Å²) in [5.41, 5.74) is 3.20. The van der Waals surface area contributed by atoms with Crippen LogP contribution in [0.1, 0.15) is 36.9 Å². The molecule has 0 heterocycles. The lowest BCUT2D eigenvalue weighted by atomic mass is 9.87. The van der Waals surface area contributed by atoms with Crippen LogP contribution >= 0.6 is 23.2 Å². The van der Waals surface area contributed by atoms with Crippen molar-refractivity contribution in [3.63, 3.8) is 0 Å². The maximum absolute atomic E-state index is 12.5. The van der Waals surface area contributed by atoms with E-state index < -0.39 is 0 Å². The molecule has 5 heteroatoms. The highest BCUT2D eigenvalue weighted by atomic mass is 35.5. The van der Waals surface area contributed by atoms with Crippen molar-refractivity contribution >= 4 is 34.8 Å². The summed E-state index contributed by atoms with van der Waals surface area (Å²) in [6.45, 7) is 1.87. The van der Waals surface area contributed by atoms with Gasteiger partial charge in [0.2, 0.25) is 5.91 Å². The van der Waals surface area contributed by atoms with Crippen LogP contribution in [0.3, 0.4) is 0 Å². The second-order valence-corrected chi connectivity index (χ2v) is 6.99. The summed E-state index contributed by atoms with van der Waals surface area (Å²) >= 11 is 12.1. The lowest BCUT2D eigenvalue weighted by Gasteiger charge is -2.29. The second kappa shape index (κ2) is 7.56. The maximum atomic E-state index is 12.5. The fourth-order valence-corrected chi connectivity index (χ4v) is 3.48. The molecule has 0 radical (unpaired) electrons. The number of rotatable bonds is 4. The molecule has 3 nitrogen and oxygen atoms in total. The van der Waals surface area contributed by atoms with Crippen LogP contribution in [0.25, 0.3) is 0 Å². The minimum Gasteiger partial charge on any atom is -0.323 e. The minimum absolute atomic E-state index is 0.123. The van der Waals surface area contributed by atoms with Crippen molar-refractivity contribution in [2.75, 3.05) is 5.32 Å². The SMILES string of the molecule is C[C@H](N[C@@H]1CCCc2ccccc21)C(=O)Nc1cc(Cl)ccc1Cl. The number of carbonyl (C=O) groups excluding carboxylic acids is 1. The van der Waals surface area contributed by atoms with Gasteiger partial charge in [-0.2, -0.15) is 0 Å². The molecule has 0 unspecified atom stereocenters. The van der Waals surface area contributed by atoms with Gasteiger partial charge in [0.1, 0.15) is 0 Å². The molecular weight excluding hydrogens is 343 g/mol. The van der Waals surface area contributed by atoms with Crippen molar-refractivity contribution in [3.05, 3.63) is 63.6 Å². The third-order valence-electron chi connectivity index (χ3n) is 4.40. The first-order valence-corrected chi connectivity index (χ1v) is 8.90. The molecule has 2 atom stereocenters. The Morgan fingerprint density at radius 2 is 2.00 bits per heavy atom. The van der Waals surface area contributed by atoms with Crippen molar-refractivity contribution in [1.82, 2.24) is 5.32 Å². The van der Waals surface area contributed by atoms with Crippen molar-refractivity contribution in [3.8, 4) is 0 Å². The predicted octanol–water partition coefficient (Wildman–Crippen LogP) is 4.99. The van der Waals surface area contributed by atoms with Crippen LogP contribution in [0.2, 0.25) is 10.0 Å². The van der Waals surface area contributed by atoms with Crippen molar-refractivity contribution < 1.29 is 4.79 Å². The molecular formula is C19H20Cl2N2O. The Bertz CT molecular complexity index is 748. The van der Waals surface area contributed by atoms with Gasteiger partial charge in [0.25, 0.3) is 0 Å². The molecule has 24 heavy (non-hydrogen) atoms. The molecule has 0 bridgehead atoms. The Hall–Kier alpha value is -1.55. The molecule has 0 aliphatic heterocycles. The number of hydrogen-bond donors (Lipinski definition) is 2. The Kier molecular flexibility index (Phi) is 5.44. The number of anilines is 1. The second-order valence-electron chi connectivity index (χ2n) is 6.15. The normalized spacial score (nSPS) is 17.9. The van der Waals surface area contributed by atoms with Gasteiger partial charge in [-0.15, -0.1) is 0 Å². The highest BCUT2D eigenvalue weighted by molar-refractivity contribution is 6.35. The van der Waals surface area contributed by atoms with E-state index in [9.17, 15) is 4.79 Å². The number of aryl methyl sites for hydroxylation is 1. The van der Waals surface area contributed by atoms with E-state index in [-0.39, 0.29) is 18.0 Å². The molecule has 0 saturated carbocycles. The lowest BCUT2D eigenvalue weighted by molar-refractivity contribution is -0.118. The first-order valence-electron chi connectivity index (χ1n) is 8.14. The molecule has 1 aliphatic rings. The van der Waals surface area contributed by atoms with E-state index in [1.807, 2.05) is 6.92 Å². The van der Waals surface area contributed by atoms with Crippen molar-refractivity contribution in [1.29, 1.82) is 0 Å². The molecule has 0 spiro atoms. The summed E-state index contributed by atoms with van der Waals surface area (Å²) in [5.74, 6) is -0.123. The fourth-order valence-electron chi connectivity index (χ4n) is 3.14. The summed E-state index contributed by atoms with van der Waals surface area (Å²) in [7, 11) is 0. The first-order chi connectivity index (χ1) is 11.5. The number of amides is 1. The predicted molar refractivity (Wildman–Crippen MR) is 99.8 cm³/mol. The van der Waals surface area contributed by atoms with Gasteiger partial charge in [-0.3, -0.25) is 10.1 Å². The van der Waals surface area contributed by atoms with Gasteiger partial charge in [0, 0.05) is 11.1 Å². The molecule has 3 rings (SSSR count). The zero-order valence-corrected chi connectivity index (χ0v) is 15.0. The molecule has 126 valence electrons. The average molecular weight is 363 g/mol. The molecule has 0 fully saturated rings. The van der Waals surface area contributed by atoms with Crippen LogP contribution in [-0.4, -0.2) is 11.9 Å². The average Bonchev–Trinajstić information content (AvgIpc) is 2.58. The number of benzene rings is 2. The van der Waals surface area contributed by atoms with Gasteiger partial charge >= 0.3 is 0 Å². The summed E-state index contributed by atoms with van der Waals surface area (Å²) in [4.78, 5) is 12.5. The van der Waals surface area contributed by atoms with Crippen molar-refractivity contribution in [2.45, 2.75) is 38.3 Å². The first kappa shape index (κ1) is 17.3. The number of hydrogen-bond acceptors (Lipinski definition) is 2. The zero-order chi connectivity index (χ0) is 17.1. The molecule has 2 aromatic carbocycles. The highest BCUT2D eigenvalue weighted by Gasteiger charge is 2.24. The summed E-state index contributed by atoms with van der Waals surface area (Å²) < 4.78 is 0. The van der Waals surface area contributed by atoms with Crippen LogP contribution in [-0.2, 0) is 11.2 Å². The Morgan fingerprint density at radius 1 is 1.21 bits per heavy atom. The summed E-state index contributed by atoms with van der Waals surface area (Å²) in [5, 5.41) is 7.30. The van der Waals surface area contributed by atoms with E-state index in [0.717, 1.165) is 19.3 Å². The van der Waals surface area contributed by atoms with Crippen LogP contribution < -0.4 is 10.6 Å². The topological polar surface area (TPSA) is 41.1 Å². The molecule has 1 amide bonds. The molecule has 2 aromatic rings. The van der Waals surface area contributed by atoms with Crippen LogP contribution in [0.15, 0.2) is 42.5 Å².